The lowest BCUT2D eigenvalue weighted by molar-refractivity contribution is 0.0669. The molecule has 30 heavy (non-hydrogen) atoms. The predicted molar refractivity (Wildman–Crippen MR) is 115 cm³/mol. The Bertz CT molecular complexity index is 1040. The number of halogens is 1. The first-order chi connectivity index (χ1) is 14.5. The molecule has 0 bridgehead atoms. The van der Waals surface area contributed by atoms with E-state index in [1.807, 2.05) is 31.2 Å². The number of methoxy groups -OCH3 is 1. The van der Waals surface area contributed by atoms with E-state index in [4.69, 9.17) is 9.72 Å². The Labute approximate surface area is 179 Å². The minimum Gasteiger partial charge on any atom is -0.497 e. The van der Waals surface area contributed by atoms with Crippen molar-refractivity contribution < 1.29 is 13.9 Å². The molecule has 1 amide bonds. The first kappa shape index (κ1) is 20.3. The summed E-state index contributed by atoms with van der Waals surface area (Å²) in [5.41, 5.74) is 1.21. The van der Waals surface area contributed by atoms with Gasteiger partial charge in [0.05, 0.1) is 12.7 Å². The largest absolute Gasteiger partial charge is 0.497 e. The number of nitrogens with zero attached hydrogens (tertiary/aromatic N) is 4. The highest BCUT2D eigenvalue weighted by Crippen LogP contribution is 2.24. The lowest BCUT2D eigenvalue weighted by atomic mass is 10.1. The average molecular weight is 427 g/mol. The molecular weight excluding hydrogens is 403 g/mol. The second-order valence-electron chi connectivity index (χ2n) is 7.29. The minimum absolute atomic E-state index is 0.0587. The fourth-order valence-corrected chi connectivity index (χ4v) is 4.35. The molecule has 0 radical (unpaired) electrons. The number of benzene rings is 2. The Morgan fingerprint density at radius 2 is 2.07 bits per heavy atom. The van der Waals surface area contributed by atoms with Crippen molar-refractivity contribution in [1.82, 2.24) is 14.3 Å². The summed E-state index contributed by atoms with van der Waals surface area (Å²) in [6.45, 7) is 3.76. The topological polar surface area (TPSA) is 58.6 Å². The van der Waals surface area contributed by atoms with Crippen molar-refractivity contribution >= 4 is 22.6 Å². The highest BCUT2D eigenvalue weighted by molar-refractivity contribution is 7.09. The fourth-order valence-electron chi connectivity index (χ4n) is 3.63. The fraction of sp³-hybridized carbons (Fsp3) is 0.318. The van der Waals surface area contributed by atoms with Crippen LogP contribution in [-0.2, 0) is 6.42 Å². The Balaban J connectivity index is 1.41. The van der Waals surface area contributed by atoms with Gasteiger partial charge < -0.3 is 14.5 Å². The van der Waals surface area contributed by atoms with Crippen LogP contribution < -0.4 is 9.64 Å². The van der Waals surface area contributed by atoms with Crippen molar-refractivity contribution in [2.75, 3.05) is 31.6 Å². The number of rotatable bonds is 5. The Morgan fingerprint density at radius 3 is 2.83 bits per heavy atom. The molecule has 1 aliphatic heterocycles. The highest BCUT2D eigenvalue weighted by atomic mass is 32.1. The van der Waals surface area contributed by atoms with Crippen LogP contribution in [0.15, 0.2) is 48.5 Å². The van der Waals surface area contributed by atoms with Gasteiger partial charge >= 0.3 is 0 Å². The van der Waals surface area contributed by atoms with Crippen molar-refractivity contribution in [2.24, 2.45) is 0 Å². The lowest BCUT2D eigenvalue weighted by Crippen LogP contribution is -2.54. The van der Waals surface area contributed by atoms with E-state index in [0.717, 1.165) is 22.3 Å². The maximum atomic E-state index is 14.0. The summed E-state index contributed by atoms with van der Waals surface area (Å²) in [5, 5.41) is 0.845. The molecule has 1 aliphatic rings. The van der Waals surface area contributed by atoms with E-state index in [0.29, 0.717) is 26.1 Å². The van der Waals surface area contributed by atoms with Crippen LogP contribution >= 0.6 is 11.5 Å². The molecule has 1 saturated heterocycles. The lowest BCUT2D eigenvalue weighted by Gasteiger charge is -2.39. The maximum Gasteiger partial charge on any atom is 0.257 e. The predicted octanol–water partition coefficient (Wildman–Crippen LogP) is 3.63. The van der Waals surface area contributed by atoms with Crippen LogP contribution in [0, 0.1) is 5.82 Å². The summed E-state index contributed by atoms with van der Waals surface area (Å²) in [7, 11) is 1.65. The van der Waals surface area contributed by atoms with Crippen molar-refractivity contribution in [3.05, 3.63) is 71.3 Å². The van der Waals surface area contributed by atoms with Crippen molar-refractivity contribution in [3.8, 4) is 5.75 Å². The number of hydrogen-bond acceptors (Lipinski definition) is 6. The van der Waals surface area contributed by atoms with Gasteiger partial charge in [-0.1, -0.05) is 24.3 Å². The van der Waals surface area contributed by atoms with Gasteiger partial charge in [0.1, 0.15) is 17.4 Å². The second-order valence-corrected chi connectivity index (χ2v) is 8.03. The molecule has 0 aliphatic carbocycles. The number of ether oxygens (including phenoxy) is 1. The van der Waals surface area contributed by atoms with Gasteiger partial charge in [0.25, 0.3) is 5.91 Å². The summed E-state index contributed by atoms with van der Waals surface area (Å²) < 4.78 is 23.8. The normalized spacial score (nSPS) is 16.6. The standard InChI is InChI=1S/C22H23FN4O2S/c1-15-14-26(10-11-27(15)21(28)18-8-3-4-9-19(18)23)22-24-20(25-30-22)13-16-6-5-7-17(12-16)29-2/h3-9,12,15H,10-11,13-14H2,1-2H3. The van der Waals surface area contributed by atoms with Crippen LogP contribution in [0.1, 0.15) is 28.7 Å². The Hall–Kier alpha value is -3.00. The summed E-state index contributed by atoms with van der Waals surface area (Å²) in [6.07, 6.45) is 0.634. The molecule has 8 heteroatoms. The van der Waals surface area contributed by atoms with Crippen LogP contribution in [0.3, 0.4) is 0 Å². The van der Waals surface area contributed by atoms with Crippen LogP contribution in [-0.4, -0.2) is 53.0 Å². The van der Waals surface area contributed by atoms with Gasteiger partial charge in [-0.05, 0) is 36.8 Å². The monoisotopic (exact) mass is 426 g/mol. The molecule has 0 spiro atoms. The van der Waals surface area contributed by atoms with Crippen molar-refractivity contribution in [3.63, 3.8) is 0 Å². The van der Waals surface area contributed by atoms with Gasteiger partial charge in [-0.3, -0.25) is 4.79 Å². The molecule has 156 valence electrons. The number of aromatic nitrogens is 2. The third-order valence-corrected chi connectivity index (χ3v) is 6.03. The number of hydrogen-bond donors (Lipinski definition) is 0. The number of piperazine rings is 1. The van der Waals surface area contributed by atoms with Crippen LogP contribution in [0.5, 0.6) is 5.75 Å². The molecular formula is C22H23FN4O2S. The van der Waals surface area contributed by atoms with Gasteiger partial charge in [-0.2, -0.15) is 4.37 Å². The van der Waals surface area contributed by atoms with Crippen molar-refractivity contribution in [1.29, 1.82) is 0 Å². The quantitative estimate of drug-likeness (QED) is 0.624. The smallest absolute Gasteiger partial charge is 0.257 e. The summed E-state index contributed by atoms with van der Waals surface area (Å²) in [5.74, 6) is 0.827. The SMILES string of the molecule is COc1cccc(Cc2nsc(N3CCN(C(=O)c4ccccc4F)C(C)C3)n2)c1. The molecule has 1 atom stereocenters. The summed E-state index contributed by atoms with van der Waals surface area (Å²) in [4.78, 5) is 21.3. The molecule has 0 saturated carbocycles. The van der Waals surface area contributed by atoms with E-state index in [-0.39, 0.29) is 17.5 Å². The Morgan fingerprint density at radius 1 is 1.23 bits per heavy atom. The number of carbonyl (C=O) groups excluding carboxylic acids is 1. The van der Waals surface area contributed by atoms with Gasteiger partial charge in [0, 0.05) is 43.6 Å². The van der Waals surface area contributed by atoms with Crippen LogP contribution in [0.4, 0.5) is 9.52 Å². The maximum absolute atomic E-state index is 14.0. The molecule has 2 heterocycles. The summed E-state index contributed by atoms with van der Waals surface area (Å²) >= 11 is 1.37. The molecule has 1 unspecified atom stereocenters. The van der Waals surface area contributed by atoms with E-state index in [9.17, 15) is 9.18 Å². The zero-order chi connectivity index (χ0) is 21.1. The van der Waals surface area contributed by atoms with Crippen molar-refractivity contribution in [2.45, 2.75) is 19.4 Å². The van der Waals surface area contributed by atoms with E-state index in [1.54, 1.807) is 24.1 Å². The third kappa shape index (κ3) is 4.28. The first-order valence-corrected chi connectivity index (χ1v) is 10.6. The average Bonchev–Trinajstić information content (AvgIpc) is 3.22. The number of amides is 1. The minimum atomic E-state index is -0.483. The van der Waals surface area contributed by atoms with E-state index < -0.39 is 5.82 Å². The van der Waals surface area contributed by atoms with Crippen LogP contribution in [0.25, 0.3) is 0 Å². The third-order valence-electron chi connectivity index (χ3n) is 5.22. The molecule has 0 N–H and O–H groups in total. The van der Waals surface area contributed by atoms with Crippen LogP contribution in [0.2, 0.25) is 0 Å². The zero-order valence-corrected chi connectivity index (χ0v) is 17.7. The van der Waals surface area contributed by atoms with E-state index in [1.165, 1.54) is 23.7 Å². The first-order valence-electron chi connectivity index (χ1n) is 9.81. The van der Waals surface area contributed by atoms with E-state index >= 15 is 0 Å². The van der Waals surface area contributed by atoms with Gasteiger partial charge in [-0.25, -0.2) is 9.37 Å². The molecule has 3 aromatic rings. The number of anilines is 1. The molecule has 1 aromatic heterocycles. The highest BCUT2D eigenvalue weighted by Gasteiger charge is 2.30. The molecule has 4 rings (SSSR count). The molecule has 1 fully saturated rings. The van der Waals surface area contributed by atoms with E-state index in [2.05, 4.69) is 9.27 Å². The van der Waals surface area contributed by atoms with Gasteiger partial charge in [0.15, 0.2) is 0 Å². The summed E-state index contributed by atoms with van der Waals surface area (Å²) in [6, 6.07) is 13.9. The zero-order valence-electron chi connectivity index (χ0n) is 16.9. The second kappa shape index (κ2) is 8.79. The van der Waals surface area contributed by atoms with Gasteiger partial charge in [0.2, 0.25) is 5.13 Å². The van der Waals surface area contributed by atoms with Gasteiger partial charge in [-0.15, -0.1) is 0 Å². The molecule has 6 nitrogen and oxygen atoms in total. The number of carbonyl (C=O) groups is 1. The Kier molecular flexibility index (Phi) is 5.94. The molecule has 2 aromatic carbocycles.